The molecule has 3 heterocycles. The first-order valence-corrected chi connectivity index (χ1v) is 11.5. The smallest absolute Gasteiger partial charge is 0.320 e. The van der Waals surface area contributed by atoms with Gasteiger partial charge in [-0.05, 0) is 59.2 Å². The second-order valence-electron chi connectivity index (χ2n) is 9.60. The van der Waals surface area contributed by atoms with Crippen molar-refractivity contribution in [2.75, 3.05) is 5.32 Å². The first-order valence-electron chi connectivity index (χ1n) is 11.5. The molecule has 2 N–H and O–H groups in total. The fourth-order valence-electron chi connectivity index (χ4n) is 4.34. The lowest BCUT2D eigenvalue weighted by Gasteiger charge is -2.32. The Balaban J connectivity index is 1.30. The third kappa shape index (κ3) is 4.57. The third-order valence-electron chi connectivity index (χ3n) is 6.15. The summed E-state index contributed by atoms with van der Waals surface area (Å²) in [5.41, 5.74) is 4.01. The topological polar surface area (TPSA) is 93.4 Å². The van der Waals surface area contributed by atoms with Gasteiger partial charge in [0.2, 0.25) is 0 Å². The largest absolute Gasteiger partial charge is 0.484 e. The minimum absolute atomic E-state index is 0.0218. The van der Waals surface area contributed by atoms with E-state index in [1.807, 2.05) is 47.0 Å². The molecule has 0 bridgehead atoms. The Kier molecular flexibility index (Phi) is 5.65. The maximum absolute atomic E-state index is 12.8. The number of carbonyl (C=O) groups excluding carboxylic acids is 1. The molecule has 2 amide bonds. The number of nitrogens with zero attached hydrogens (tertiary/aromatic N) is 4. The van der Waals surface area contributed by atoms with Crippen LogP contribution in [0.1, 0.15) is 62.4 Å². The van der Waals surface area contributed by atoms with E-state index in [0.717, 1.165) is 40.9 Å². The molecule has 8 nitrogen and oxygen atoms in total. The standard InChI is InChI=1S/C26H28N6O2/c1-26(2,3)17-12-13-27-23(14-17)30-25(33)29-21-9-10-22(20-7-5-4-6-19(20)21)34-18-8-11-24-31-28-16-32(24)15-18/h4-8,11-16,21-22H,9-10H2,1-3H3,(H2,27,29,30,33). The van der Waals surface area contributed by atoms with Gasteiger partial charge in [-0.15, -0.1) is 10.2 Å². The molecule has 3 aromatic heterocycles. The van der Waals surface area contributed by atoms with Gasteiger partial charge in [0.15, 0.2) is 5.65 Å². The van der Waals surface area contributed by atoms with Gasteiger partial charge in [0.05, 0.1) is 12.2 Å². The summed E-state index contributed by atoms with van der Waals surface area (Å²) in [5, 5.41) is 14.0. The molecule has 1 aliphatic carbocycles. The predicted octanol–water partition coefficient (Wildman–Crippen LogP) is 5.20. The Morgan fingerprint density at radius 2 is 1.91 bits per heavy atom. The van der Waals surface area contributed by atoms with Crippen LogP contribution in [-0.4, -0.2) is 25.6 Å². The van der Waals surface area contributed by atoms with Crippen molar-refractivity contribution in [1.29, 1.82) is 0 Å². The third-order valence-corrected chi connectivity index (χ3v) is 6.15. The molecule has 0 radical (unpaired) electrons. The number of amides is 2. The van der Waals surface area contributed by atoms with E-state index >= 15 is 0 Å². The number of ether oxygens (including phenoxy) is 1. The van der Waals surface area contributed by atoms with Crippen molar-refractivity contribution in [3.05, 3.63) is 83.9 Å². The molecular weight excluding hydrogens is 428 g/mol. The fourth-order valence-corrected chi connectivity index (χ4v) is 4.34. The van der Waals surface area contributed by atoms with Gasteiger partial charge in [-0.25, -0.2) is 9.78 Å². The van der Waals surface area contributed by atoms with Crippen LogP contribution in [-0.2, 0) is 5.41 Å². The van der Waals surface area contributed by atoms with E-state index in [4.69, 9.17) is 4.74 Å². The van der Waals surface area contributed by atoms with Crippen molar-refractivity contribution in [3.8, 4) is 5.75 Å². The minimum atomic E-state index is -0.268. The molecule has 4 aromatic rings. The van der Waals surface area contributed by atoms with Gasteiger partial charge >= 0.3 is 6.03 Å². The van der Waals surface area contributed by atoms with Gasteiger partial charge in [-0.2, -0.15) is 0 Å². The van der Waals surface area contributed by atoms with Crippen LogP contribution in [0.2, 0.25) is 0 Å². The molecule has 8 heteroatoms. The molecule has 0 saturated heterocycles. The Morgan fingerprint density at radius 3 is 2.74 bits per heavy atom. The van der Waals surface area contributed by atoms with Gasteiger partial charge in [0, 0.05) is 6.20 Å². The monoisotopic (exact) mass is 456 g/mol. The van der Waals surface area contributed by atoms with E-state index in [9.17, 15) is 4.79 Å². The van der Waals surface area contributed by atoms with Crippen LogP contribution in [0, 0.1) is 0 Å². The Morgan fingerprint density at radius 1 is 1.09 bits per heavy atom. The first kappa shape index (κ1) is 21.9. The molecule has 1 aromatic carbocycles. The minimum Gasteiger partial charge on any atom is -0.484 e. The van der Waals surface area contributed by atoms with Crippen molar-refractivity contribution in [2.24, 2.45) is 0 Å². The van der Waals surface area contributed by atoms with Crippen LogP contribution in [0.15, 0.2) is 67.3 Å². The molecule has 5 rings (SSSR count). The number of rotatable bonds is 4. The summed E-state index contributed by atoms with van der Waals surface area (Å²) in [6.45, 7) is 6.40. The Labute approximate surface area is 198 Å². The summed E-state index contributed by atoms with van der Waals surface area (Å²) in [4.78, 5) is 17.1. The highest BCUT2D eigenvalue weighted by molar-refractivity contribution is 5.88. The van der Waals surface area contributed by atoms with Gasteiger partial charge in [-0.3, -0.25) is 9.72 Å². The summed E-state index contributed by atoms with van der Waals surface area (Å²) < 4.78 is 8.17. The summed E-state index contributed by atoms with van der Waals surface area (Å²) in [7, 11) is 0. The number of hydrogen-bond donors (Lipinski definition) is 2. The van der Waals surface area contributed by atoms with Crippen molar-refractivity contribution in [1.82, 2.24) is 24.9 Å². The van der Waals surface area contributed by atoms with E-state index < -0.39 is 0 Å². The molecule has 2 unspecified atom stereocenters. The SMILES string of the molecule is CC(C)(C)c1ccnc(NC(=O)NC2CCC(Oc3ccc4nncn4c3)c3ccccc32)c1. The highest BCUT2D eigenvalue weighted by Gasteiger charge is 2.29. The molecule has 0 fully saturated rings. The molecule has 0 spiro atoms. The maximum Gasteiger partial charge on any atom is 0.320 e. The Bertz CT molecular complexity index is 1330. The summed E-state index contributed by atoms with van der Waals surface area (Å²) in [6.07, 6.45) is 6.71. The number of hydrogen-bond acceptors (Lipinski definition) is 5. The van der Waals surface area contributed by atoms with Gasteiger partial charge in [-0.1, -0.05) is 45.0 Å². The molecule has 34 heavy (non-hydrogen) atoms. The van der Waals surface area contributed by atoms with E-state index in [0.29, 0.717) is 5.82 Å². The zero-order chi connectivity index (χ0) is 23.7. The second-order valence-corrected chi connectivity index (χ2v) is 9.60. The van der Waals surface area contributed by atoms with Crippen LogP contribution in [0.3, 0.4) is 0 Å². The van der Waals surface area contributed by atoms with E-state index in [2.05, 4.69) is 58.7 Å². The average molecular weight is 457 g/mol. The van der Waals surface area contributed by atoms with Crippen LogP contribution >= 0.6 is 0 Å². The second kappa shape index (κ2) is 8.78. The van der Waals surface area contributed by atoms with Crippen molar-refractivity contribution < 1.29 is 9.53 Å². The maximum atomic E-state index is 12.8. The number of pyridine rings is 2. The van der Waals surface area contributed by atoms with Gasteiger partial charge in [0.25, 0.3) is 0 Å². The lowest BCUT2D eigenvalue weighted by Crippen LogP contribution is -2.35. The van der Waals surface area contributed by atoms with Crippen molar-refractivity contribution >= 4 is 17.5 Å². The number of fused-ring (bicyclic) bond motifs is 2. The van der Waals surface area contributed by atoms with Gasteiger partial charge < -0.3 is 10.1 Å². The zero-order valence-corrected chi connectivity index (χ0v) is 19.5. The normalized spacial score (nSPS) is 17.7. The number of benzene rings is 1. The van der Waals surface area contributed by atoms with Crippen LogP contribution < -0.4 is 15.4 Å². The average Bonchev–Trinajstić information content (AvgIpc) is 3.28. The highest BCUT2D eigenvalue weighted by atomic mass is 16.5. The van der Waals surface area contributed by atoms with E-state index in [1.165, 1.54) is 0 Å². The van der Waals surface area contributed by atoms with E-state index in [1.54, 1.807) is 12.5 Å². The van der Waals surface area contributed by atoms with Crippen molar-refractivity contribution in [3.63, 3.8) is 0 Å². The van der Waals surface area contributed by atoms with Gasteiger partial charge in [0.1, 0.15) is 24.0 Å². The molecule has 2 atom stereocenters. The summed E-state index contributed by atoms with van der Waals surface area (Å²) in [5.74, 6) is 1.29. The van der Waals surface area contributed by atoms with Crippen LogP contribution in [0.5, 0.6) is 5.75 Å². The molecular formula is C26H28N6O2. The number of aromatic nitrogens is 4. The molecule has 1 aliphatic rings. The quantitative estimate of drug-likeness (QED) is 0.440. The summed E-state index contributed by atoms with van der Waals surface area (Å²) in [6, 6.07) is 15.4. The predicted molar refractivity (Wildman–Crippen MR) is 130 cm³/mol. The lowest BCUT2D eigenvalue weighted by atomic mass is 9.85. The van der Waals surface area contributed by atoms with Crippen LogP contribution in [0.25, 0.3) is 5.65 Å². The number of carbonyl (C=O) groups is 1. The van der Waals surface area contributed by atoms with E-state index in [-0.39, 0.29) is 23.6 Å². The number of anilines is 1. The number of nitrogens with one attached hydrogen (secondary N) is 2. The number of urea groups is 1. The van der Waals surface area contributed by atoms with Crippen molar-refractivity contribution in [2.45, 2.75) is 51.2 Å². The molecule has 0 saturated carbocycles. The fraction of sp³-hybridized carbons (Fsp3) is 0.308. The first-order chi connectivity index (χ1) is 16.4. The molecule has 0 aliphatic heterocycles. The lowest BCUT2D eigenvalue weighted by molar-refractivity contribution is 0.171. The van der Waals surface area contributed by atoms with Crippen LogP contribution in [0.4, 0.5) is 10.6 Å². The summed E-state index contributed by atoms with van der Waals surface area (Å²) >= 11 is 0. The zero-order valence-electron chi connectivity index (χ0n) is 19.5. The Hall–Kier alpha value is -3.94. The highest BCUT2D eigenvalue weighted by Crippen LogP contribution is 2.38. The molecule has 174 valence electrons.